The van der Waals surface area contributed by atoms with E-state index < -0.39 is 5.97 Å². The summed E-state index contributed by atoms with van der Waals surface area (Å²) in [6, 6.07) is 10.4. The molecule has 0 saturated heterocycles. The van der Waals surface area contributed by atoms with Crippen LogP contribution in [0.25, 0.3) is 0 Å². The SMILES string of the molecule is C[C@H]1Cc2ccccc2N1Cc1ccoc1C(=O)NCCC(=O)O. The van der Waals surface area contributed by atoms with E-state index in [1.54, 1.807) is 6.07 Å². The molecule has 126 valence electrons. The normalized spacial score (nSPS) is 16.0. The maximum atomic E-state index is 12.2. The fraction of sp³-hybridized carbons (Fsp3) is 0.333. The number of hydrogen-bond donors (Lipinski definition) is 2. The molecule has 1 amide bonds. The van der Waals surface area contributed by atoms with Crippen LogP contribution in [-0.4, -0.2) is 29.6 Å². The highest BCUT2D eigenvalue weighted by atomic mass is 16.4. The molecule has 0 spiro atoms. The third-order valence-electron chi connectivity index (χ3n) is 4.27. The number of rotatable bonds is 6. The maximum Gasteiger partial charge on any atom is 0.305 e. The summed E-state index contributed by atoms with van der Waals surface area (Å²) in [4.78, 5) is 25.0. The van der Waals surface area contributed by atoms with Crippen molar-refractivity contribution in [2.45, 2.75) is 32.4 Å². The molecule has 0 unspecified atom stereocenters. The van der Waals surface area contributed by atoms with E-state index in [1.165, 1.54) is 17.5 Å². The molecule has 1 aliphatic heterocycles. The number of nitrogens with one attached hydrogen (secondary N) is 1. The summed E-state index contributed by atoms with van der Waals surface area (Å²) in [6.07, 6.45) is 2.36. The number of furan rings is 1. The van der Waals surface area contributed by atoms with Gasteiger partial charge in [0.05, 0.1) is 12.7 Å². The fourth-order valence-electron chi connectivity index (χ4n) is 3.08. The Morgan fingerprint density at radius 1 is 1.33 bits per heavy atom. The second kappa shape index (κ2) is 6.78. The number of nitrogens with zero attached hydrogens (tertiary/aromatic N) is 1. The fourth-order valence-corrected chi connectivity index (χ4v) is 3.08. The zero-order valence-corrected chi connectivity index (χ0v) is 13.5. The number of carbonyl (C=O) groups excluding carboxylic acids is 1. The van der Waals surface area contributed by atoms with Crippen LogP contribution in [0.3, 0.4) is 0 Å². The lowest BCUT2D eigenvalue weighted by Crippen LogP contribution is -2.31. The standard InChI is InChI=1S/C18H20N2O4/c1-12-10-13-4-2-3-5-15(13)20(12)11-14-7-9-24-17(14)18(23)19-8-6-16(21)22/h2-5,7,9,12H,6,8,10-11H2,1H3,(H,19,23)(H,21,22)/t12-/m0/s1. The van der Waals surface area contributed by atoms with Gasteiger partial charge in [0.1, 0.15) is 0 Å². The molecule has 0 radical (unpaired) electrons. The number of anilines is 1. The first-order chi connectivity index (χ1) is 11.6. The van der Waals surface area contributed by atoms with Crippen molar-refractivity contribution in [2.24, 2.45) is 0 Å². The van der Waals surface area contributed by atoms with Crippen LogP contribution in [0.1, 0.15) is 35.0 Å². The van der Waals surface area contributed by atoms with Crippen LogP contribution in [0, 0.1) is 0 Å². The van der Waals surface area contributed by atoms with Gasteiger partial charge in [-0.15, -0.1) is 0 Å². The van der Waals surface area contributed by atoms with Crippen molar-refractivity contribution >= 4 is 17.6 Å². The summed E-state index contributed by atoms with van der Waals surface area (Å²) in [5, 5.41) is 11.2. The van der Waals surface area contributed by atoms with E-state index in [1.807, 2.05) is 12.1 Å². The second-order valence-corrected chi connectivity index (χ2v) is 5.98. The van der Waals surface area contributed by atoms with E-state index in [9.17, 15) is 9.59 Å². The van der Waals surface area contributed by atoms with Gasteiger partial charge in [-0.3, -0.25) is 9.59 Å². The van der Waals surface area contributed by atoms with Gasteiger partial charge < -0.3 is 19.7 Å². The molecule has 6 nitrogen and oxygen atoms in total. The average molecular weight is 328 g/mol. The van der Waals surface area contributed by atoms with E-state index in [-0.39, 0.29) is 24.6 Å². The smallest absolute Gasteiger partial charge is 0.305 e. The van der Waals surface area contributed by atoms with Crippen LogP contribution in [-0.2, 0) is 17.8 Å². The van der Waals surface area contributed by atoms with Crippen molar-refractivity contribution in [2.75, 3.05) is 11.4 Å². The van der Waals surface area contributed by atoms with Crippen LogP contribution >= 0.6 is 0 Å². The number of para-hydroxylation sites is 1. The quantitative estimate of drug-likeness (QED) is 0.851. The molecule has 24 heavy (non-hydrogen) atoms. The molecule has 6 heteroatoms. The predicted octanol–water partition coefficient (Wildman–Crippen LogP) is 2.44. The number of hydrogen-bond acceptors (Lipinski definition) is 4. The number of amides is 1. The summed E-state index contributed by atoms with van der Waals surface area (Å²) in [5.74, 6) is -1.08. The van der Waals surface area contributed by atoms with Crippen LogP contribution < -0.4 is 10.2 Å². The predicted molar refractivity (Wildman–Crippen MR) is 89.1 cm³/mol. The Hall–Kier alpha value is -2.76. The zero-order valence-electron chi connectivity index (χ0n) is 13.5. The van der Waals surface area contributed by atoms with Crippen LogP contribution in [0.5, 0.6) is 0 Å². The van der Waals surface area contributed by atoms with Gasteiger partial charge in [0.15, 0.2) is 5.76 Å². The number of benzene rings is 1. The number of carbonyl (C=O) groups is 2. The van der Waals surface area contributed by atoms with Gasteiger partial charge >= 0.3 is 5.97 Å². The average Bonchev–Trinajstić information content (AvgIpc) is 3.12. The summed E-state index contributed by atoms with van der Waals surface area (Å²) < 4.78 is 5.33. The lowest BCUT2D eigenvalue weighted by atomic mass is 10.1. The van der Waals surface area contributed by atoms with Gasteiger partial charge in [-0.2, -0.15) is 0 Å². The zero-order chi connectivity index (χ0) is 17.1. The summed E-state index contributed by atoms with van der Waals surface area (Å²) in [6.45, 7) is 2.82. The van der Waals surface area contributed by atoms with Crippen molar-refractivity contribution in [1.29, 1.82) is 0 Å². The topological polar surface area (TPSA) is 82.8 Å². The summed E-state index contributed by atoms with van der Waals surface area (Å²) in [5.41, 5.74) is 3.29. The monoisotopic (exact) mass is 328 g/mol. The van der Waals surface area contributed by atoms with E-state index in [4.69, 9.17) is 9.52 Å². The van der Waals surface area contributed by atoms with Gasteiger partial charge in [0.2, 0.25) is 0 Å². The minimum atomic E-state index is -0.947. The van der Waals surface area contributed by atoms with E-state index >= 15 is 0 Å². The van der Waals surface area contributed by atoms with Crippen LogP contribution in [0.2, 0.25) is 0 Å². The number of carboxylic acids is 1. The lowest BCUT2D eigenvalue weighted by Gasteiger charge is -2.24. The lowest BCUT2D eigenvalue weighted by molar-refractivity contribution is -0.136. The Kier molecular flexibility index (Phi) is 4.55. The molecule has 3 rings (SSSR count). The Bertz CT molecular complexity index is 753. The van der Waals surface area contributed by atoms with Gasteiger partial charge in [0.25, 0.3) is 5.91 Å². The van der Waals surface area contributed by atoms with Crippen LogP contribution in [0.15, 0.2) is 41.0 Å². The first kappa shape index (κ1) is 16.1. The summed E-state index contributed by atoms with van der Waals surface area (Å²) >= 11 is 0. The van der Waals surface area contributed by atoms with E-state index in [0.717, 1.165) is 12.0 Å². The maximum absolute atomic E-state index is 12.2. The number of fused-ring (bicyclic) bond motifs is 1. The largest absolute Gasteiger partial charge is 0.481 e. The highest BCUT2D eigenvalue weighted by Crippen LogP contribution is 2.33. The molecule has 1 aliphatic rings. The highest BCUT2D eigenvalue weighted by molar-refractivity contribution is 5.93. The third kappa shape index (κ3) is 3.27. The van der Waals surface area contributed by atoms with Gasteiger partial charge in [-0.05, 0) is 31.0 Å². The van der Waals surface area contributed by atoms with Crippen molar-refractivity contribution < 1.29 is 19.1 Å². The Labute approximate surface area is 140 Å². The van der Waals surface area contributed by atoms with E-state index in [2.05, 4.69) is 29.3 Å². The molecule has 1 aromatic heterocycles. The first-order valence-electron chi connectivity index (χ1n) is 7.97. The molecule has 2 N–H and O–H groups in total. The molecule has 2 heterocycles. The molecule has 0 saturated carbocycles. The highest BCUT2D eigenvalue weighted by Gasteiger charge is 2.27. The number of aliphatic carboxylic acids is 1. The molecule has 0 aliphatic carbocycles. The molecule has 0 bridgehead atoms. The Morgan fingerprint density at radius 2 is 2.12 bits per heavy atom. The van der Waals surface area contributed by atoms with Gasteiger partial charge in [-0.25, -0.2) is 0 Å². The minimum absolute atomic E-state index is 0.0806. The molecule has 1 aromatic carbocycles. The van der Waals surface area contributed by atoms with Gasteiger partial charge in [-0.1, -0.05) is 18.2 Å². The molecule has 2 aromatic rings. The van der Waals surface area contributed by atoms with Crippen molar-refractivity contribution in [3.05, 3.63) is 53.5 Å². The van der Waals surface area contributed by atoms with E-state index in [0.29, 0.717) is 12.6 Å². The molecular weight excluding hydrogens is 308 g/mol. The van der Waals surface area contributed by atoms with Gasteiger partial charge in [0, 0.05) is 30.4 Å². The minimum Gasteiger partial charge on any atom is -0.481 e. The Balaban J connectivity index is 1.72. The van der Waals surface area contributed by atoms with Crippen molar-refractivity contribution in [3.8, 4) is 0 Å². The molecular formula is C18H20N2O4. The second-order valence-electron chi connectivity index (χ2n) is 5.98. The first-order valence-corrected chi connectivity index (χ1v) is 7.97. The van der Waals surface area contributed by atoms with Crippen LogP contribution in [0.4, 0.5) is 5.69 Å². The third-order valence-corrected chi connectivity index (χ3v) is 4.27. The van der Waals surface area contributed by atoms with Crippen molar-refractivity contribution in [3.63, 3.8) is 0 Å². The number of carboxylic acid groups (broad SMARTS) is 1. The Morgan fingerprint density at radius 3 is 2.92 bits per heavy atom. The molecule has 1 atom stereocenters. The summed E-state index contributed by atoms with van der Waals surface area (Å²) in [7, 11) is 0. The van der Waals surface area contributed by atoms with Crippen molar-refractivity contribution in [1.82, 2.24) is 5.32 Å². The molecule has 0 fully saturated rings.